The van der Waals surface area contributed by atoms with Crippen molar-refractivity contribution in [2.24, 2.45) is 0 Å². The van der Waals surface area contributed by atoms with Gasteiger partial charge in [0.05, 0.1) is 5.52 Å². The zero-order valence-electron chi connectivity index (χ0n) is 9.12. The van der Waals surface area contributed by atoms with Gasteiger partial charge in [0.15, 0.2) is 5.75 Å². The van der Waals surface area contributed by atoms with Gasteiger partial charge in [0, 0.05) is 33.7 Å². The maximum absolute atomic E-state index is 10.6. The van der Waals surface area contributed by atoms with Gasteiger partial charge < -0.3 is 9.17 Å². The van der Waals surface area contributed by atoms with Gasteiger partial charge in [-0.1, -0.05) is 30.3 Å². The molecule has 1 N–H and O–H groups in total. The number of hydrogen-bond donors (Lipinski definition) is 2. The first-order valence-electron chi connectivity index (χ1n) is 5.07. The second-order valence-corrected chi connectivity index (χ2v) is 4.29. The number of benzene rings is 2. The Labute approximate surface area is 116 Å². The van der Waals surface area contributed by atoms with Crippen LogP contribution in [0, 0.1) is 0 Å². The molecule has 0 unspecified atom stereocenters. The minimum Gasteiger partial charge on any atom is -0.382 e. The molecule has 0 spiro atoms. The van der Waals surface area contributed by atoms with Crippen LogP contribution in [0.3, 0.4) is 0 Å². The summed E-state index contributed by atoms with van der Waals surface area (Å²) in [6.07, 6.45) is 0. The summed E-state index contributed by atoms with van der Waals surface area (Å²) in [5.74, 6) is 0.329. The number of H-pyrrole nitrogens is 1. The smallest absolute Gasteiger partial charge is 0.299 e. The maximum atomic E-state index is 10.6. The fourth-order valence-corrected chi connectivity index (χ4v) is 2.32. The van der Waals surface area contributed by atoms with E-state index in [-0.39, 0.29) is 17.4 Å². The molecule has 3 rings (SSSR count). The van der Waals surface area contributed by atoms with Crippen LogP contribution in [0.15, 0.2) is 42.5 Å². The summed E-state index contributed by atoms with van der Waals surface area (Å²) < 4.78 is 26.0. The quantitative estimate of drug-likeness (QED) is 0.713. The Morgan fingerprint density at radius 3 is 2.44 bits per heavy atom. The third-order valence-corrected chi connectivity index (χ3v) is 3.02. The molecular weight excluding hydrogens is 290 g/mol. The summed E-state index contributed by atoms with van der Waals surface area (Å²) >= 11 is 0. The number of rotatable bonds is 2. The Kier molecular flexibility index (Phi) is 3.62. The summed E-state index contributed by atoms with van der Waals surface area (Å²) in [7, 11) is -2.90. The maximum Gasteiger partial charge on any atom is 0.299 e. The first-order chi connectivity index (χ1) is 8.25. The third kappa shape index (κ3) is 2.10. The van der Waals surface area contributed by atoms with E-state index in [4.69, 9.17) is 4.18 Å². The summed E-state index contributed by atoms with van der Waals surface area (Å²) in [4.78, 5) is 3.16. The predicted molar refractivity (Wildman–Crippen MR) is 66.7 cm³/mol. The van der Waals surface area contributed by atoms with Crippen LogP contribution in [-0.4, -0.2) is 13.4 Å². The number of fused-ring (bicyclic) bond motifs is 3. The van der Waals surface area contributed by atoms with Crippen molar-refractivity contribution >= 4 is 32.8 Å². The van der Waals surface area contributed by atoms with Crippen molar-refractivity contribution in [3.05, 3.63) is 42.5 Å². The normalized spacial score (nSPS) is 10.7. The van der Waals surface area contributed by atoms with Crippen molar-refractivity contribution in [3.8, 4) is 5.75 Å². The van der Waals surface area contributed by atoms with Gasteiger partial charge in [-0.05, 0) is 12.1 Å². The van der Waals surface area contributed by atoms with Gasteiger partial charge in [-0.15, -0.1) is 0 Å². The minimum absolute atomic E-state index is 0. The molecule has 0 saturated carbocycles. The van der Waals surface area contributed by atoms with Gasteiger partial charge in [0.2, 0.25) is 0 Å². The second-order valence-electron chi connectivity index (χ2n) is 3.66. The molecule has 0 aliphatic carbocycles. The molecule has 0 radical (unpaired) electrons. The molecule has 0 bridgehead atoms. The van der Waals surface area contributed by atoms with Crippen LogP contribution < -0.4 is 4.18 Å². The van der Waals surface area contributed by atoms with E-state index in [9.17, 15) is 8.42 Å². The molecule has 0 atom stereocenters. The summed E-state index contributed by atoms with van der Waals surface area (Å²) in [5.41, 5.74) is 1.66. The van der Waals surface area contributed by atoms with E-state index >= 15 is 0 Å². The van der Waals surface area contributed by atoms with Gasteiger partial charge in [0.25, 0.3) is 11.0 Å². The first kappa shape index (κ1) is 13.0. The number of hydrogen-bond acceptors (Lipinski definition) is 3. The van der Waals surface area contributed by atoms with Crippen molar-refractivity contribution in [2.45, 2.75) is 0 Å². The zero-order chi connectivity index (χ0) is 11.8. The molecule has 18 heavy (non-hydrogen) atoms. The summed E-state index contributed by atoms with van der Waals surface area (Å²) in [5, 5.41) is 2.00. The Morgan fingerprint density at radius 1 is 0.944 bits per heavy atom. The van der Waals surface area contributed by atoms with E-state index < -0.39 is 11.0 Å². The van der Waals surface area contributed by atoms with Gasteiger partial charge >= 0.3 is 0 Å². The second kappa shape index (κ2) is 5.03. The molecule has 0 fully saturated rings. The molecular formula is C12H9CrNO3S. The van der Waals surface area contributed by atoms with Gasteiger partial charge in [-0.2, -0.15) is 8.42 Å². The van der Waals surface area contributed by atoms with Crippen LogP contribution >= 0.6 is 0 Å². The molecule has 0 saturated heterocycles. The number of thiol groups is 1. The van der Waals surface area contributed by atoms with Crippen molar-refractivity contribution in [1.29, 1.82) is 0 Å². The van der Waals surface area contributed by atoms with E-state index in [1.54, 1.807) is 12.1 Å². The van der Waals surface area contributed by atoms with Crippen molar-refractivity contribution < 1.29 is 30.0 Å². The average molecular weight is 299 g/mol. The molecule has 1 heterocycles. The average Bonchev–Trinajstić information content (AvgIpc) is 2.68. The Balaban J connectivity index is 0.00000120. The fraction of sp³-hybridized carbons (Fsp3) is 0. The van der Waals surface area contributed by atoms with E-state index in [0.717, 1.165) is 16.3 Å². The Morgan fingerprint density at radius 2 is 1.67 bits per heavy atom. The molecule has 92 valence electrons. The first-order valence-corrected chi connectivity index (χ1v) is 6.17. The molecule has 0 amide bonds. The SMILES string of the molecule is O=[SH](=O)Oc1cccc2c1[nH]c1ccccc12.[Cr]. The van der Waals surface area contributed by atoms with Gasteiger partial charge in [-0.25, -0.2) is 0 Å². The molecule has 6 heteroatoms. The Hall–Kier alpha value is -1.48. The summed E-state index contributed by atoms with van der Waals surface area (Å²) in [6.45, 7) is 0. The van der Waals surface area contributed by atoms with Crippen LogP contribution in [0.2, 0.25) is 0 Å². The monoisotopic (exact) mass is 299 g/mol. The molecule has 3 aromatic rings. The van der Waals surface area contributed by atoms with Gasteiger partial charge in [-0.3, -0.25) is 0 Å². The predicted octanol–water partition coefficient (Wildman–Crippen LogP) is 2.22. The van der Waals surface area contributed by atoms with Crippen molar-refractivity contribution in [1.82, 2.24) is 4.98 Å². The number of aromatic nitrogens is 1. The van der Waals surface area contributed by atoms with Crippen LogP contribution in [0.4, 0.5) is 0 Å². The van der Waals surface area contributed by atoms with Gasteiger partial charge in [0.1, 0.15) is 0 Å². The van der Waals surface area contributed by atoms with Crippen LogP contribution in [0.1, 0.15) is 0 Å². The zero-order valence-corrected chi connectivity index (χ0v) is 11.3. The Bertz CT molecular complexity index is 771. The molecule has 0 aliphatic heterocycles. The van der Waals surface area contributed by atoms with Crippen molar-refractivity contribution in [2.75, 3.05) is 0 Å². The number of aromatic amines is 1. The van der Waals surface area contributed by atoms with Crippen LogP contribution in [-0.2, 0) is 28.3 Å². The van der Waals surface area contributed by atoms with E-state index in [1.165, 1.54) is 0 Å². The van der Waals surface area contributed by atoms with Crippen LogP contribution in [0.25, 0.3) is 21.8 Å². The summed E-state index contributed by atoms with van der Waals surface area (Å²) in [6, 6.07) is 13.1. The van der Waals surface area contributed by atoms with Crippen molar-refractivity contribution in [3.63, 3.8) is 0 Å². The van der Waals surface area contributed by atoms with Crippen LogP contribution in [0.5, 0.6) is 5.75 Å². The fourth-order valence-electron chi connectivity index (χ4n) is 2.00. The molecule has 2 aromatic carbocycles. The largest absolute Gasteiger partial charge is 0.382 e. The molecule has 0 aliphatic rings. The minimum atomic E-state index is -2.90. The van der Waals surface area contributed by atoms with E-state index in [1.807, 2.05) is 30.3 Å². The molecule has 1 aromatic heterocycles. The van der Waals surface area contributed by atoms with E-state index in [0.29, 0.717) is 11.3 Å². The standard InChI is InChI=1S/C12H9NO3S.Cr/c14-17(15)16-11-7-3-5-9-8-4-1-2-6-10(8)13-12(9)11;/h1-7,13,17H;. The molecule has 4 nitrogen and oxygen atoms in total. The third-order valence-electron chi connectivity index (χ3n) is 2.68. The topological polar surface area (TPSA) is 59.2 Å². The number of para-hydroxylation sites is 2. The van der Waals surface area contributed by atoms with E-state index in [2.05, 4.69) is 4.98 Å². The number of nitrogens with one attached hydrogen (secondary N) is 1.